The van der Waals surface area contributed by atoms with E-state index in [1.54, 1.807) is 54.7 Å². The van der Waals surface area contributed by atoms with Gasteiger partial charge >= 0.3 is 0 Å². The standard InChI is InChI=1S/C20H16ClN3O2S/c21-14-8-10-15(11-9-14)23-20(26)16-5-1-2-6-17(16)24-18(25)13-27-19-7-3-4-12-22-19/h1-12H,13H2,(H,23,26)(H,24,25). The minimum atomic E-state index is -0.314. The second-order valence-corrected chi connectivity index (χ2v) is 6.94. The monoisotopic (exact) mass is 397 g/mol. The number of hydrogen-bond acceptors (Lipinski definition) is 4. The number of hydrogen-bond donors (Lipinski definition) is 2. The first-order valence-corrected chi connectivity index (χ1v) is 9.48. The number of anilines is 2. The molecular weight excluding hydrogens is 382 g/mol. The molecule has 0 fully saturated rings. The quantitative estimate of drug-likeness (QED) is 0.590. The molecule has 0 saturated carbocycles. The van der Waals surface area contributed by atoms with Gasteiger partial charge in [-0.05, 0) is 48.5 Å². The number of benzene rings is 2. The number of pyridine rings is 1. The van der Waals surface area contributed by atoms with Crippen molar-refractivity contribution in [2.75, 3.05) is 16.4 Å². The molecule has 2 aromatic carbocycles. The average Bonchev–Trinajstić information content (AvgIpc) is 2.69. The van der Waals surface area contributed by atoms with Crippen molar-refractivity contribution in [1.29, 1.82) is 0 Å². The third kappa shape index (κ3) is 5.57. The molecule has 0 unspecified atom stereocenters. The molecule has 0 aliphatic carbocycles. The van der Waals surface area contributed by atoms with Gasteiger partial charge in [-0.2, -0.15) is 0 Å². The zero-order valence-electron chi connectivity index (χ0n) is 14.2. The molecule has 1 aromatic heterocycles. The van der Waals surface area contributed by atoms with Crippen LogP contribution >= 0.6 is 23.4 Å². The molecule has 27 heavy (non-hydrogen) atoms. The van der Waals surface area contributed by atoms with E-state index in [0.29, 0.717) is 22.0 Å². The summed E-state index contributed by atoms with van der Waals surface area (Å²) >= 11 is 7.18. The smallest absolute Gasteiger partial charge is 0.257 e. The minimum Gasteiger partial charge on any atom is -0.325 e. The van der Waals surface area contributed by atoms with Crippen LogP contribution in [0.3, 0.4) is 0 Å². The summed E-state index contributed by atoms with van der Waals surface area (Å²) in [5.74, 6) is -0.326. The third-order valence-corrected chi connectivity index (χ3v) is 4.73. The van der Waals surface area contributed by atoms with Gasteiger partial charge < -0.3 is 10.6 Å². The number of thioether (sulfide) groups is 1. The van der Waals surface area contributed by atoms with Crippen LogP contribution in [0.15, 0.2) is 78.0 Å². The average molecular weight is 398 g/mol. The van der Waals surface area contributed by atoms with Crippen LogP contribution in [0.1, 0.15) is 10.4 Å². The Morgan fingerprint density at radius 1 is 0.926 bits per heavy atom. The van der Waals surface area contributed by atoms with Crippen LogP contribution in [-0.2, 0) is 4.79 Å². The number of carbonyl (C=O) groups excluding carboxylic acids is 2. The number of amides is 2. The molecule has 0 aliphatic rings. The summed E-state index contributed by atoms with van der Waals surface area (Å²) in [4.78, 5) is 29.0. The largest absolute Gasteiger partial charge is 0.325 e. The number of rotatable bonds is 6. The summed E-state index contributed by atoms with van der Waals surface area (Å²) in [6.07, 6.45) is 1.68. The highest BCUT2D eigenvalue weighted by molar-refractivity contribution is 7.99. The van der Waals surface area contributed by atoms with Crippen LogP contribution in [0.5, 0.6) is 0 Å². The van der Waals surface area contributed by atoms with E-state index in [0.717, 1.165) is 5.03 Å². The lowest BCUT2D eigenvalue weighted by molar-refractivity contribution is -0.113. The highest BCUT2D eigenvalue weighted by Crippen LogP contribution is 2.20. The number of nitrogens with zero attached hydrogens (tertiary/aromatic N) is 1. The Hall–Kier alpha value is -2.83. The van der Waals surface area contributed by atoms with Crippen LogP contribution in [0.2, 0.25) is 5.02 Å². The van der Waals surface area contributed by atoms with Gasteiger partial charge in [-0.3, -0.25) is 9.59 Å². The van der Waals surface area contributed by atoms with E-state index < -0.39 is 0 Å². The first-order chi connectivity index (χ1) is 13.1. The third-order valence-electron chi connectivity index (χ3n) is 3.54. The molecule has 0 aliphatic heterocycles. The van der Waals surface area contributed by atoms with E-state index in [1.807, 2.05) is 18.2 Å². The second kappa shape index (κ2) is 9.21. The Balaban J connectivity index is 1.65. The maximum absolute atomic E-state index is 12.6. The number of aromatic nitrogens is 1. The van der Waals surface area contributed by atoms with E-state index >= 15 is 0 Å². The molecule has 0 atom stereocenters. The van der Waals surface area contributed by atoms with Gasteiger partial charge in [-0.25, -0.2) is 4.98 Å². The van der Waals surface area contributed by atoms with Crippen molar-refractivity contribution >= 4 is 46.6 Å². The molecule has 0 radical (unpaired) electrons. The first kappa shape index (κ1) is 18.9. The summed E-state index contributed by atoms with van der Waals surface area (Å²) < 4.78 is 0. The Morgan fingerprint density at radius 3 is 2.41 bits per heavy atom. The molecule has 0 spiro atoms. The fourth-order valence-corrected chi connectivity index (χ4v) is 3.07. The topological polar surface area (TPSA) is 71.1 Å². The van der Waals surface area contributed by atoms with Crippen LogP contribution in [0, 0.1) is 0 Å². The Bertz CT molecular complexity index is 933. The minimum absolute atomic E-state index is 0.199. The van der Waals surface area contributed by atoms with E-state index in [4.69, 9.17) is 11.6 Å². The van der Waals surface area contributed by atoms with E-state index in [9.17, 15) is 9.59 Å². The zero-order chi connectivity index (χ0) is 19.1. The Labute approximate surface area is 166 Å². The van der Waals surface area contributed by atoms with Crippen molar-refractivity contribution in [2.45, 2.75) is 5.03 Å². The second-order valence-electron chi connectivity index (χ2n) is 5.51. The number of halogens is 1. The number of para-hydroxylation sites is 1. The van der Waals surface area contributed by atoms with Crippen molar-refractivity contribution in [3.63, 3.8) is 0 Å². The van der Waals surface area contributed by atoms with Gasteiger partial charge in [-0.1, -0.05) is 41.6 Å². The Morgan fingerprint density at radius 2 is 1.67 bits per heavy atom. The van der Waals surface area contributed by atoms with Crippen molar-refractivity contribution < 1.29 is 9.59 Å². The van der Waals surface area contributed by atoms with E-state index in [2.05, 4.69) is 15.6 Å². The van der Waals surface area contributed by atoms with Crippen LogP contribution < -0.4 is 10.6 Å². The van der Waals surface area contributed by atoms with Gasteiger partial charge in [0, 0.05) is 16.9 Å². The molecule has 7 heteroatoms. The predicted octanol–water partition coefficient (Wildman–Crippen LogP) is 4.72. The molecule has 2 amide bonds. The SMILES string of the molecule is O=C(CSc1ccccn1)Nc1ccccc1C(=O)Nc1ccc(Cl)cc1. The molecule has 1 heterocycles. The van der Waals surface area contributed by atoms with E-state index in [1.165, 1.54) is 11.8 Å². The van der Waals surface area contributed by atoms with Gasteiger partial charge in [0.15, 0.2) is 0 Å². The summed E-state index contributed by atoms with van der Waals surface area (Å²) in [7, 11) is 0. The maximum atomic E-state index is 12.6. The molecule has 3 rings (SSSR count). The van der Waals surface area contributed by atoms with Crippen molar-refractivity contribution in [1.82, 2.24) is 4.98 Å². The van der Waals surface area contributed by atoms with Crippen molar-refractivity contribution in [3.8, 4) is 0 Å². The fraction of sp³-hybridized carbons (Fsp3) is 0.0500. The zero-order valence-corrected chi connectivity index (χ0v) is 15.8. The predicted molar refractivity (Wildman–Crippen MR) is 109 cm³/mol. The summed E-state index contributed by atoms with van der Waals surface area (Å²) in [6.45, 7) is 0. The van der Waals surface area contributed by atoms with Gasteiger partial charge in [0.05, 0.1) is 22.0 Å². The fourth-order valence-electron chi connectivity index (χ4n) is 2.28. The van der Waals surface area contributed by atoms with Gasteiger partial charge in [0.2, 0.25) is 5.91 Å². The lowest BCUT2D eigenvalue weighted by Crippen LogP contribution is -2.19. The van der Waals surface area contributed by atoms with Gasteiger partial charge in [-0.15, -0.1) is 0 Å². The van der Waals surface area contributed by atoms with Gasteiger partial charge in [0.1, 0.15) is 0 Å². The molecular formula is C20H16ClN3O2S. The highest BCUT2D eigenvalue weighted by atomic mass is 35.5. The van der Waals surface area contributed by atoms with Crippen LogP contribution in [0.4, 0.5) is 11.4 Å². The lowest BCUT2D eigenvalue weighted by Gasteiger charge is -2.11. The summed E-state index contributed by atoms with van der Waals surface area (Å²) in [5, 5.41) is 6.93. The number of carbonyl (C=O) groups is 2. The van der Waals surface area contributed by atoms with Crippen molar-refractivity contribution in [3.05, 3.63) is 83.5 Å². The molecule has 2 N–H and O–H groups in total. The summed E-state index contributed by atoms with van der Waals surface area (Å²) in [6, 6.07) is 19.2. The summed E-state index contributed by atoms with van der Waals surface area (Å²) in [5.41, 5.74) is 1.45. The van der Waals surface area contributed by atoms with E-state index in [-0.39, 0.29) is 17.6 Å². The first-order valence-electron chi connectivity index (χ1n) is 8.11. The molecule has 5 nitrogen and oxygen atoms in total. The molecule has 136 valence electrons. The van der Waals surface area contributed by atoms with Crippen LogP contribution in [-0.4, -0.2) is 22.6 Å². The maximum Gasteiger partial charge on any atom is 0.257 e. The normalized spacial score (nSPS) is 10.3. The number of nitrogens with one attached hydrogen (secondary N) is 2. The molecule has 3 aromatic rings. The lowest BCUT2D eigenvalue weighted by atomic mass is 10.1. The highest BCUT2D eigenvalue weighted by Gasteiger charge is 2.13. The molecule has 0 bridgehead atoms. The molecule has 0 saturated heterocycles. The van der Waals surface area contributed by atoms with Crippen molar-refractivity contribution in [2.24, 2.45) is 0 Å². The van der Waals surface area contributed by atoms with Gasteiger partial charge in [0.25, 0.3) is 5.91 Å². The van der Waals surface area contributed by atoms with Crippen LogP contribution in [0.25, 0.3) is 0 Å². The Kier molecular flexibility index (Phi) is 6.46.